The van der Waals surface area contributed by atoms with Gasteiger partial charge in [-0.1, -0.05) is 362 Å². The van der Waals surface area contributed by atoms with Gasteiger partial charge in [0, 0.05) is 60.9 Å². The van der Waals surface area contributed by atoms with Crippen molar-refractivity contribution in [2.75, 3.05) is 9.80 Å². The molecule has 0 N–H and O–H groups in total. The van der Waals surface area contributed by atoms with Crippen molar-refractivity contribution in [2.45, 2.75) is 105 Å². The zero-order valence-electron chi connectivity index (χ0n) is 65.1. The van der Waals surface area contributed by atoms with E-state index in [0.717, 1.165) is 95.2 Å². The van der Waals surface area contributed by atoms with E-state index in [1.165, 1.54) is 104 Å². The molecule has 17 aromatic rings. The topological polar surface area (TPSA) is 10.9 Å². The Kier molecular flexibility index (Phi) is 16.0. The summed E-state index contributed by atoms with van der Waals surface area (Å²) in [7, 11) is 0. The van der Waals surface area contributed by atoms with Crippen molar-refractivity contribution in [1.82, 2.24) is 4.40 Å². The van der Waals surface area contributed by atoms with E-state index in [-0.39, 0.29) is 28.4 Å². The summed E-state index contributed by atoms with van der Waals surface area (Å²) in [4.78, 5) is 5.56. The number of nitrogens with zero attached hydrogens (tertiary/aromatic N) is 3. The summed E-state index contributed by atoms with van der Waals surface area (Å²) >= 11 is 0. The predicted octanol–water partition coefficient (Wildman–Crippen LogP) is 27.5. The Balaban J connectivity index is 1.11. The van der Waals surface area contributed by atoms with E-state index in [0.29, 0.717) is 0 Å². The number of benzene rings is 15. The molecule has 0 saturated carbocycles. The lowest BCUT2D eigenvalue weighted by Gasteiger charge is -2.46. The SMILES string of the molecule is CC(C)(C)c1cccc(-c2ccc3c(c2)B2c4cc(-c5cccc(C(C)(C)C)c5)ccc4N(c4c(-c5ccccc5)cc(C(C)(C)C)cc4-c4ccccc4)c4c2c(cc2c4c4cccc5c6ccccc6c6ccccc6c6ccccc6n2c54)N3c2c(-c3ccccc3)cc(C(C)(C)C)cc2-c2ccccc2)c1. The van der Waals surface area contributed by atoms with E-state index < -0.39 is 0 Å². The first-order valence-electron chi connectivity index (χ1n) is 39.3. The molecule has 0 atom stereocenters. The van der Waals surface area contributed by atoms with Crippen LogP contribution in [0.2, 0.25) is 0 Å². The number of fused-ring (bicyclic) bond motifs is 15. The van der Waals surface area contributed by atoms with E-state index in [9.17, 15) is 0 Å². The minimum absolute atomic E-state index is 0.0838. The summed E-state index contributed by atoms with van der Waals surface area (Å²) in [6.07, 6.45) is 0. The van der Waals surface area contributed by atoms with Gasteiger partial charge in [0.1, 0.15) is 0 Å². The van der Waals surface area contributed by atoms with Gasteiger partial charge in [-0.3, -0.25) is 0 Å². The highest BCUT2D eigenvalue weighted by Gasteiger charge is 2.48. The third-order valence-corrected chi connectivity index (χ3v) is 23.7. The molecule has 4 heterocycles. The molecule has 0 aliphatic carbocycles. The zero-order valence-corrected chi connectivity index (χ0v) is 65.1. The Hall–Kier alpha value is -12.2. The molecule has 2 aliphatic heterocycles. The highest BCUT2D eigenvalue weighted by atomic mass is 15.2. The second kappa shape index (κ2) is 25.7. The number of anilines is 6. The fourth-order valence-electron chi connectivity index (χ4n) is 18.0. The smallest absolute Gasteiger partial charge is 0.252 e. The largest absolute Gasteiger partial charge is 0.310 e. The average Bonchev–Trinajstić information content (AvgIpc) is 1.33. The van der Waals surface area contributed by atoms with Crippen LogP contribution in [-0.2, 0) is 21.7 Å². The maximum atomic E-state index is 2.80. The first kappa shape index (κ1) is 68.3. The second-order valence-corrected chi connectivity index (χ2v) is 34.8. The fraction of sp³-hybridized carbons (Fsp3) is 0.151. The van der Waals surface area contributed by atoms with Crippen LogP contribution in [0, 0.1) is 0 Å². The van der Waals surface area contributed by atoms with Gasteiger partial charge in [-0.25, -0.2) is 0 Å². The summed E-state index contributed by atoms with van der Waals surface area (Å²) in [6.45, 7) is 27.9. The molecule has 2 aromatic heterocycles. The monoisotopic (exact) mass is 1420 g/mol. The minimum Gasteiger partial charge on any atom is -0.310 e. The Morgan fingerprint density at radius 2 is 0.564 bits per heavy atom. The Morgan fingerprint density at radius 1 is 0.227 bits per heavy atom. The van der Waals surface area contributed by atoms with Gasteiger partial charge in [-0.05, 0) is 175 Å². The lowest BCUT2D eigenvalue weighted by Crippen LogP contribution is -2.61. The highest BCUT2D eigenvalue weighted by molar-refractivity contribution is 7.00. The average molecular weight is 1420 g/mol. The van der Waals surface area contributed by atoms with E-state index >= 15 is 0 Å². The van der Waals surface area contributed by atoms with Crippen LogP contribution in [-0.4, -0.2) is 11.1 Å². The lowest BCUT2D eigenvalue weighted by atomic mass is 9.33. The minimum atomic E-state index is -0.331. The zero-order chi connectivity index (χ0) is 75.3. The second-order valence-electron chi connectivity index (χ2n) is 34.8. The van der Waals surface area contributed by atoms with Crippen LogP contribution >= 0.6 is 0 Å². The van der Waals surface area contributed by atoms with Gasteiger partial charge in [0.15, 0.2) is 0 Å². The summed E-state index contributed by atoms with van der Waals surface area (Å²) < 4.78 is 2.69. The number of para-hydroxylation sites is 2. The summed E-state index contributed by atoms with van der Waals surface area (Å²) in [6, 6.07) is 126. The summed E-state index contributed by atoms with van der Waals surface area (Å²) in [5, 5.41) is 9.49. The maximum Gasteiger partial charge on any atom is 0.252 e. The van der Waals surface area contributed by atoms with E-state index in [4.69, 9.17) is 0 Å². The molecule has 0 unspecified atom stereocenters. The van der Waals surface area contributed by atoms with Crippen molar-refractivity contribution in [2.24, 2.45) is 0 Å². The quantitative estimate of drug-likeness (QED) is 0.140. The van der Waals surface area contributed by atoms with Gasteiger partial charge in [0.2, 0.25) is 0 Å². The Labute approximate surface area is 648 Å². The van der Waals surface area contributed by atoms with E-state index in [1.807, 2.05) is 0 Å². The molecule has 0 fully saturated rings. The molecule has 0 bridgehead atoms. The molecule has 19 rings (SSSR count). The molecular weight excluding hydrogens is 1330 g/mol. The summed E-state index contributed by atoms with van der Waals surface area (Å²) in [5.41, 5.74) is 32.4. The molecule has 0 spiro atoms. The molecule has 15 aromatic carbocycles. The molecule has 0 amide bonds. The number of rotatable bonds is 8. The van der Waals surface area contributed by atoms with Gasteiger partial charge >= 0.3 is 0 Å². The molecule has 2 aliphatic rings. The van der Waals surface area contributed by atoms with Gasteiger partial charge in [-0.2, -0.15) is 0 Å². The van der Waals surface area contributed by atoms with Crippen molar-refractivity contribution < 1.29 is 0 Å². The van der Waals surface area contributed by atoms with Crippen molar-refractivity contribution in [3.8, 4) is 66.8 Å². The van der Waals surface area contributed by atoms with Crippen LogP contribution in [0.1, 0.15) is 105 Å². The van der Waals surface area contributed by atoms with E-state index in [2.05, 4.69) is 425 Å². The molecular formula is C106H90BN3. The fourth-order valence-corrected chi connectivity index (χ4v) is 18.0. The van der Waals surface area contributed by atoms with E-state index in [1.54, 1.807) is 0 Å². The molecule has 0 radical (unpaired) electrons. The first-order chi connectivity index (χ1) is 53.1. The van der Waals surface area contributed by atoms with Crippen LogP contribution in [0.5, 0.6) is 0 Å². The van der Waals surface area contributed by atoms with Gasteiger partial charge in [0.05, 0.1) is 33.6 Å². The van der Waals surface area contributed by atoms with Crippen LogP contribution in [0.25, 0.3) is 126 Å². The molecule has 110 heavy (non-hydrogen) atoms. The highest BCUT2D eigenvalue weighted by Crippen LogP contribution is 2.58. The van der Waals surface area contributed by atoms with Crippen molar-refractivity contribution >= 4 is 117 Å². The van der Waals surface area contributed by atoms with Crippen molar-refractivity contribution in [3.05, 3.63) is 350 Å². The predicted molar refractivity (Wildman–Crippen MR) is 475 cm³/mol. The summed E-state index contributed by atoms with van der Waals surface area (Å²) in [5.74, 6) is 0. The first-order valence-corrected chi connectivity index (χ1v) is 39.3. The van der Waals surface area contributed by atoms with Crippen molar-refractivity contribution in [3.63, 3.8) is 0 Å². The normalized spacial score (nSPS) is 13.0. The van der Waals surface area contributed by atoms with Crippen LogP contribution in [0.4, 0.5) is 34.1 Å². The van der Waals surface area contributed by atoms with Crippen LogP contribution in [0.15, 0.2) is 328 Å². The molecule has 532 valence electrons. The molecule has 0 saturated heterocycles. The Morgan fingerprint density at radius 3 is 1.00 bits per heavy atom. The number of hydrogen-bond donors (Lipinski definition) is 0. The van der Waals surface area contributed by atoms with Gasteiger partial charge < -0.3 is 14.2 Å². The third kappa shape index (κ3) is 11.2. The number of aromatic nitrogens is 1. The Bertz CT molecular complexity index is 6430. The number of hydrogen-bond acceptors (Lipinski definition) is 2. The maximum absolute atomic E-state index is 2.80. The van der Waals surface area contributed by atoms with Crippen LogP contribution < -0.4 is 26.2 Å². The lowest BCUT2D eigenvalue weighted by molar-refractivity contribution is 0.590. The third-order valence-electron chi connectivity index (χ3n) is 23.7. The molecule has 4 heteroatoms. The van der Waals surface area contributed by atoms with Crippen LogP contribution in [0.3, 0.4) is 0 Å². The standard InChI is InChI=1S/C106H90BN3/c1-103(2,3)75-44-31-42-71(58-75)73-54-56-93-90(60-73)107-91-61-74(72-43-32-45-76(59-72)104(4,5)6)55-57-94(91)110(101-88(69-38-21-15-22-39-69)64-78(106(10,11)12)65-89(101)70-40-23-16-24-41-70)102-97-85-52-33-51-84-82-49-28-26-47-80(82)79-46-25-27-48-81(79)83-50-29-30-53-92(83)108(99(84)85)95(97)66-96(98(102)107)109(93)100-86(67-34-17-13-18-35-67)62-77(105(7,8)9)63-87(100)68-36-19-14-20-37-68/h13-66H,1-12H3. The van der Waals surface area contributed by atoms with Gasteiger partial charge in [-0.15, -0.1) is 0 Å². The van der Waals surface area contributed by atoms with Crippen molar-refractivity contribution in [1.29, 1.82) is 0 Å². The molecule has 3 nitrogen and oxygen atoms in total. The van der Waals surface area contributed by atoms with Gasteiger partial charge in [0.25, 0.3) is 6.71 Å².